The Labute approximate surface area is 120 Å². The van der Waals surface area contributed by atoms with Crippen LogP contribution in [0, 0.1) is 12.3 Å². The number of ketones is 1. The molecule has 104 valence electrons. The van der Waals surface area contributed by atoms with Gasteiger partial charge in [-0.3, -0.25) is 4.79 Å². The highest BCUT2D eigenvalue weighted by Crippen LogP contribution is 2.38. The van der Waals surface area contributed by atoms with E-state index in [-0.39, 0.29) is 11.2 Å². The average molecular weight is 280 g/mol. The van der Waals surface area contributed by atoms with Crippen LogP contribution < -0.4 is 5.32 Å². The Bertz CT molecular complexity index is 458. The fourth-order valence-electron chi connectivity index (χ4n) is 3.01. The molecule has 3 heteroatoms. The number of hydrogen-bond acceptors (Lipinski definition) is 2. The van der Waals surface area contributed by atoms with E-state index in [4.69, 9.17) is 11.6 Å². The first-order chi connectivity index (χ1) is 9.09. The first kappa shape index (κ1) is 14.5. The fraction of sp³-hybridized carbons (Fsp3) is 0.562. The third kappa shape index (κ3) is 3.01. The lowest BCUT2D eigenvalue weighted by Gasteiger charge is -2.36. The highest BCUT2D eigenvalue weighted by Gasteiger charge is 2.38. The topological polar surface area (TPSA) is 29.1 Å². The van der Waals surface area contributed by atoms with Crippen LogP contribution in [0.25, 0.3) is 0 Å². The molecule has 1 aliphatic rings. The number of carbonyl (C=O) groups is 1. The summed E-state index contributed by atoms with van der Waals surface area (Å²) in [6.07, 6.45) is 3.89. The molecule has 0 atom stereocenters. The number of Topliss-reactive ketones (excluding diaryl/α,β-unsaturated/α-hetero) is 1. The molecule has 0 amide bonds. The third-order valence-electron chi connectivity index (χ3n) is 4.20. The van der Waals surface area contributed by atoms with Crippen molar-refractivity contribution in [3.8, 4) is 0 Å². The summed E-state index contributed by atoms with van der Waals surface area (Å²) in [6.45, 7) is 5.98. The molecule has 0 radical (unpaired) electrons. The molecule has 0 aliphatic carbocycles. The monoisotopic (exact) mass is 279 g/mol. The minimum Gasteiger partial charge on any atom is -0.317 e. The lowest BCUT2D eigenvalue weighted by atomic mass is 9.70. The number of benzene rings is 1. The Morgan fingerprint density at radius 3 is 2.63 bits per heavy atom. The molecule has 2 rings (SSSR count). The highest BCUT2D eigenvalue weighted by atomic mass is 35.5. The van der Waals surface area contributed by atoms with Crippen molar-refractivity contribution >= 4 is 17.4 Å². The maximum atomic E-state index is 12.9. The van der Waals surface area contributed by atoms with Crippen molar-refractivity contribution < 1.29 is 4.79 Å². The van der Waals surface area contributed by atoms with Crippen LogP contribution in [0.15, 0.2) is 18.2 Å². The number of nitrogens with one attached hydrogen (secondary N) is 1. The van der Waals surface area contributed by atoms with E-state index in [0.29, 0.717) is 5.02 Å². The van der Waals surface area contributed by atoms with Gasteiger partial charge in [0.2, 0.25) is 0 Å². The predicted octanol–water partition coefficient (Wildman–Crippen LogP) is 4.00. The van der Waals surface area contributed by atoms with Crippen molar-refractivity contribution in [3.05, 3.63) is 34.3 Å². The van der Waals surface area contributed by atoms with E-state index in [2.05, 4.69) is 12.2 Å². The summed E-state index contributed by atoms with van der Waals surface area (Å²) < 4.78 is 0. The molecule has 1 N–H and O–H groups in total. The second kappa shape index (κ2) is 6.06. The van der Waals surface area contributed by atoms with E-state index in [9.17, 15) is 4.79 Å². The van der Waals surface area contributed by atoms with Crippen LogP contribution in [0.5, 0.6) is 0 Å². The first-order valence-electron chi connectivity index (χ1n) is 7.11. The average Bonchev–Trinajstić information content (AvgIpc) is 2.42. The number of piperidine rings is 1. The van der Waals surface area contributed by atoms with Gasteiger partial charge in [0.1, 0.15) is 0 Å². The van der Waals surface area contributed by atoms with Crippen molar-refractivity contribution in [2.24, 2.45) is 5.41 Å². The lowest BCUT2D eigenvalue weighted by Crippen LogP contribution is -2.42. The van der Waals surface area contributed by atoms with Crippen molar-refractivity contribution in [1.82, 2.24) is 5.32 Å². The Kier molecular flexibility index (Phi) is 4.64. The van der Waals surface area contributed by atoms with Crippen LogP contribution in [0.2, 0.25) is 5.02 Å². The Morgan fingerprint density at radius 2 is 2.05 bits per heavy atom. The molecule has 1 saturated heterocycles. The van der Waals surface area contributed by atoms with Gasteiger partial charge >= 0.3 is 0 Å². The summed E-state index contributed by atoms with van der Waals surface area (Å²) in [5.74, 6) is 0.276. The highest BCUT2D eigenvalue weighted by molar-refractivity contribution is 6.31. The van der Waals surface area contributed by atoms with Crippen molar-refractivity contribution in [2.75, 3.05) is 13.1 Å². The van der Waals surface area contributed by atoms with Crippen LogP contribution >= 0.6 is 11.6 Å². The molecule has 1 heterocycles. The minimum absolute atomic E-state index is 0.182. The van der Waals surface area contributed by atoms with Crippen molar-refractivity contribution in [1.29, 1.82) is 0 Å². The van der Waals surface area contributed by atoms with Crippen LogP contribution in [0.3, 0.4) is 0 Å². The van der Waals surface area contributed by atoms with Crippen molar-refractivity contribution in [2.45, 2.75) is 39.5 Å². The largest absolute Gasteiger partial charge is 0.317 e. The standard InChI is InChI=1S/C16H22ClNO/c1-3-6-16(7-9-18-10-8-16)15(19)13-5-4-12(2)14(17)11-13/h4-5,11,18H,3,6-10H2,1-2H3. The number of rotatable bonds is 4. The number of carbonyl (C=O) groups excluding carboxylic acids is 1. The first-order valence-corrected chi connectivity index (χ1v) is 7.48. The predicted molar refractivity (Wildman–Crippen MR) is 80.0 cm³/mol. The Balaban J connectivity index is 2.30. The van der Waals surface area contributed by atoms with E-state index in [0.717, 1.165) is 49.9 Å². The van der Waals surface area contributed by atoms with Crippen LogP contribution in [-0.4, -0.2) is 18.9 Å². The summed E-state index contributed by atoms with van der Waals surface area (Å²) in [5.41, 5.74) is 1.61. The molecule has 2 nitrogen and oxygen atoms in total. The molecule has 0 unspecified atom stereocenters. The molecule has 0 spiro atoms. The van der Waals surface area contributed by atoms with Gasteiger partial charge < -0.3 is 5.32 Å². The van der Waals surface area contributed by atoms with Gasteiger partial charge in [-0.15, -0.1) is 0 Å². The summed E-state index contributed by atoms with van der Waals surface area (Å²) in [5, 5.41) is 4.03. The molecular formula is C16H22ClNO. The van der Waals surface area contributed by atoms with E-state index in [1.807, 2.05) is 25.1 Å². The molecule has 0 aromatic heterocycles. The summed E-state index contributed by atoms with van der Waals surface area (Å²) in [7, 11) is 0. The maximum absolute atomic E-state index is 12.9. The second-order valence-corrected chi connectivity index (χ2v) is 5.98. The summed E-state index contributed by atoms with van der Waals surface area (Å²) in [6, 6.07) is 5.69. The van der Waals surface area contributed by atoms with E-state index < -0.39 is 0 Å². The summed E-state index contributed by atoms with van der Waals surface area (Å²) >= 11 is 6.15. The number of aryl methyl sites for hydroxylation is 1. The fourth-order valence-corrected chi connectivity index (χ4v) is 3.20. The quantitative estimate of drug-likeness (QED) is 0.844. The minimum atomic E-state index is -0.182. The molecule has 0 bridgehead atoms. The molecule has 1 aromatic rings. The smallest absolute Gasteiger partial charge is 0.169 e. The third-order valence-corrected chi connectivity index (χ3v) is 4.61. The van der Waals surface area contributed by atoms with Crippen molar-refractivity contribution in [3.63, 3.8) is 0 Å². The molecule has 1 aromatic carbocycles. The van der Waals surface area contributed by atoms with Gasteiger partial charge in [-0.25, -0.2) is 0 Å². The molecule has 0 saturated carbocycles. The molecular weight excluding hydrogens is 258 g/mol. The van der Waals surface area contributed by atoms with Gasteiger partial charge in [0, 0.05) is 16.0 Å². The zero-order valence-corrected chi connectivity index (χ0v) is 12.5. The maximum Gasteiger partial charge on any atom is 0.169 e. The van der Waals surface area contributed by atoms with Gasteiger partial charge in [-0.1, -0.05) is 37.1 Å². The van der Waals surface area contributed by atoms with Gasteiger partial charge in [-0.2, -0.15) is 0 Å². The van der Waals surface area contributed by atoms with Gasteiger partial charge in [0.05, 0.1) is 0 Å². The van der Waals surface area contributed by atoms with Crippen LogP contribution in [0.1, 0.15) is 48.5 Å². The number of halogens is 1. The zero-order valence-electron chi connectivity index (χ0n) is 11.8. The van der Waals surface area contributed by atoms with Gasteiger partial charge in [-0.05, 0) is 50.9 Å². The van der Waals surface area contributed by atoms with E-state index in [1.54, 1.807) is 0 Å². The van der Waals surface area contributed by atoms with Crippen LogP contribution in [0.4, 0.5) is 0 Å². The van der Waals surface area contributed by atoms with E-state index in [1.165, 1.54) is 0 Å². The second-order valence-electron chi connectivity index (χ2n) is 5.57. The molecule has 19 heavy (non-hydrogen) atoms. The Morgan fingerprint density at radius 1 is 1.37 bits per heavy atom. The van der Waals surface area contributed by atoms with Gasteiger partial charge in [0.15, 0.2) is 5.78 Å². The SMILES string of the molecule is CCCC1(C(=O)c2ccc(C)c(Cl)c2)CCNCC1. The number of hydrogen-bond donors (Lipinski definition) is 1. The zero-order chi connectivity index (χ0) is 13.9. The lowest BCUT2D eigenvalue weighted by molar-refractivity contribution is 0.0704. The summed E-state index contributed by atoms with van der Waals surface area (Å²) in [4.78, 5) is 12.9. The van der Waals surface area contributed by atoms with Gasteiger partial charge in [0.25, 0.3) is 0 Å². The normalized spacial score (nSPS) is 18.3. The molecule has 1 fully saturated rings. The molecule has 1 aliphatic heterocycles. The van der Waals surface area contributed by atoms with E-state index >= 15 is 0 Å². The Hall–Kier alpha value is -0.860. The van der Waals surface area contributed by atoms with Crippen LogP contribution in [-0.2, 0) is 0 Å².